The lowest BCUT2D eigenvalue weighted by Gasteiger charge is -2.35. The van der Waals surface area contributed by atoms with Crippen molar-refractivity contribution in [2.45, 2.75) is 13.0 Å². The number of carbonyl (C=O) groups excluding carboxylic acids is 3. The Bertz CT molecular complexity index is 769. The SMILES string of the molecule is CC(=O)N(C(CO)c1ccccc1)N1C(=O)c2ccccc2C1=O. The van der Waals surface area contributed by atoms with Crippen LogP contribution in [-0.2, 0) is 4.79 Å². The lowest BCUT2D eigenvalue weighted by atomic mass is 10.1. The molecular weight excluding hydrogens is 308 g/mol. The van der Waals surface area contributed by atoms with E-state index in [1.165, 1.54) is 6.92 Å². The summed E-state index contributed by atoms with van der Waals surface area (Å²) < 4.78 is 0. The molecule has 24 heavy (non-hydrogen) atoms. The Labute approximate surface area is 138 Å². The second-order valence-corrected chi connectivity index (χ2v) is 5.44. The number of fused-ring (bicyclic) bond motifs is 1. The summed E-state index contributed by atoms with van der Waals surface area (Å²) in [4.78, 5) is 37.5. The van der Waals surface area contributed by atoms with Crippen LogP contribution in [0.3, 0.4) is 0 Å². The monoisotopic (exact) mass is 324 g/mol. The molecule has 0 bridgehead atoms. The van der Waals surface area contributed by atoms with Gasteiger partial charge >= 0.3 is 0 Å². The highest BCUT2D eigenvalue weighted by Gasteiger charge is 2.43. The number of hydrazine groups is 1. The second kappa shape index (κ2) is 6.25. The van der Waals surface area contributed by atoms with E-state index in [0.717, 1.165) is 10.0 Å². The number of benzene rings is 2. The van der Waals surface area contributed by atoms with Crippen LogP contribution in [0.15, 0.2) is 54.6 Å². The number of hydrogen-bond acceptors (Lipinski definition) is 4. The van der Waals surface area contributed by atoms with Gasteiger partial charge in [0.05, 0.1) is 17.7 Å². The molecule has 0 aromatic heterocycles. The summed E-state index contributed by atoms with van der Waals surface area (Å²) in [5, 5.41) is 11.7. The van der Waals surface area contributed by atoms with Crippen LogP contribution in [0.2, 0.25) is 0 Å². The molecule has 6 nitrogen and oxygen atoms in total. The first kappa shape index (κ1) is 15.9. The number of amides is 3. The summed E-state index contributed by atoms with van der Waals surface area (Å²) in [7, 11) is 0. The zero-order chi connectivity index (χ0) is 17.3. The van der Waals surface area contributed by atoms with Gasteiger partial charge in [0.15, 0.2) is 0 Å². The molecule has 1 heterocycles. The standard InChI is InChI=1S/C18H16N2O4/c1-12(22)19(16(11-21)13-7-3-2-4-8-13)20-17(23)14-9-5-6-10-15(14)18(20)24/h2-10,16,21H,11H2,1H3. The zero-order valence-corrected chi connectivity index (χ0v) is 13.0. The van der Waals surface area contributed by atoms with Crippen LogP contribution in [-0.4, -0.2) is 39.5 Å². The molecule has 1 N–H and O–H groups in total. The van der Waals surface area contributed by atoms with Crippen molar-refractivity contribution < 1.29 is 19.5 Å². The average Bonchev–Trinajstić information content (AvgIpc) is 2.85. The number of imide groups is 1. The molecule has 1 unspecified atom stereocenters. The predicted octanol–water partition coefficient (Wildman–Crippen LogP) is 1.78. The summed E-state index contributed by atoms with van der Waals surface area (Å²) in [6.07, 6.45) is 0. The van der Waals surface area contributed by atoms with Gasteiger partial charge in [-0.15, -0.1) is 0 Å². The normalized spacial score (nSPS) is 14.5. The van der Waals surface area contributed by atoms with E-state index in [4.69, 9.17) is 0 Å². The van der Waals surface area contributed by atoms with E-state index in [-0.39, 0.29) is 11.1 Å². The van der Waals surface area contributed by atoms with Gasteiger partial charge in [-0.25, -0.2) is 5.01 Å². The van der Waals surface area contributed by atoms with Gasteiger partial charge < -0.3 is 5.11 Å². The highest BCUT2D eigenvalue weighted by atomic mass is 16.3. The van der Waals surface area contributed by atoms with Crippen LogP contribution in [0, 0.1) is 0 Å². The maximum absolute atomic E-state index is 12.6. The molecule has 1 atom stereocenters. The van der Waals surface area contributed by atoms with Crippen LogP contribution in [0.25, 0.3) is 0 Å². The minimum absolute atomic E-state index is 0.249. The molecule has 0 radical (unpaired) electrons. The van der Waals surface area contributed by atoms with Gasteiger partial charge in [0.2, 0.25) is 5.91 Å². The molecule has 0 fully saturated rings. The number of aliphatic hydroxyl groups excluding tert-OH is 1. The Morgan fingerprint density at radius 2 is 1.50 bits per heavy atom. The van der Waals surface area contributed by atoms with E-state index in [1.807, 2.05) is 0 Å². The lowest BCUT2D eigenvalue weighted by molar-refractivity contribution is -0.145. The van der Waals surface area contributed by atoms with E-state index >= 15 is 0 Å². The minimum atomic E-state index is -0.828. The molecule has 3 amide bonds. The molecule has 2 aromatic carbocycles. The first-order valence-electron chi connectivity index (χ1n) is 7.49. The maximum Gasteiger partial charge on any atom is 0.280 e. The molecule has 1 aliphatic rings. The Morgan fingerprint density at radius 1 is 1.00 bits per heavy atom. The second-order valence-electron chi connectivity index (χ2n) is 5.44. The number of nitrogens with zero attached hydrogens (tertiary/aromatic N) is 2. The fraction of sp³-hybridized carbons (Fsp3) is 0.167. The van der Waals surface area contributed by atoms with Crippen molar-refractivity contribution in [1.29, 1.82) is 0 Å². The fourth-order valence-corrected chi connectivity index (χ4v) is 2.87. The van der Waals surface area contributed by atoms with Crippen LogP contribution in [0.4, 0.5) is 0 Å². The summed E-state index contributed by atoms with van der Waals surface area (Å²) >= 11 is 0. The van der Waals surface area contributed by atoms with E-state index in [2.05, 4.69) is 0 Å². The molecule has 6 heteroatoms. The highest BCUT2D eigenvalue weighted by Crippen LogP contribution is 2.30. The molecule has 0 saturated carbocycles. The van der Waals surface area contributed by atoms with E-state index in [9.17, 15) is 19.5 Å². The van der Waals surface area contributed by atoms with Gasteiger partial charge in [0.1, 0.15) is 6.04 Å². The van der Waals surface area contributed by atoms with Crippen molar-refractivity contribution in [2.75, 3.05) is 6.61 Å². The molecular formula is C18H16N2O4. The van der Waals surface area contributed by atoms with Crippen molar-refractivity contribution in [3.63, 3.8) is 0 Å². The highest BCUT2D eigenvalue weighted by molar-refractivity contribution is 6.21. The number of aliphatic hydroxyl groups is 1. The van der Waals surface area contributed by atoms with E-state index in [1.54, 1.807) is 54.6 Å². The van der Waals surface area contributed by atoms with Crippen molar-refractivity contribution >= 4 is 17.7 Å². The number of rotatable bonds is 4. The Kier molecular flexibility index (Phi) is 4.14. The smallest absolute Gasteiger partial charge is 0.280 e. The summed E-state index contributed by atoms with van der Waals surface area (Å²) in [6.45, 7) is 0.839. The van der Waals surface area contributed by atoms with Crippen LogP contribution in [0.5, 0.6) is 0 Å². The van der Waals surface area contributed by atoms with Crippen molar-refractivity contribution in [3.8, 4) is 0 Å². The maximum atomic E-state index is 12.6. The van der Waals surface area contributed by atoms with Gasteiger partial charge in [0, 0.05) is 6.92 Å². The first-order valence-corrected chi connectivity index (χ1v) is 7.49. The number of carbonyl (C=O) groups is 3. The Hall–Kier alpha value is -2.99. The van der Waals surface area contributed by atoms with Crippen molar-refractivity contribution in [1.82, 2.24) is 10.0 Å². The van der Waals surface area contributed by atoms with Gasteiger partial charge in [0.25, 0.3) is 11.8 Å². The molecule has 0 aliphatic carbocycles. The fourth-order valence-electron chi connectivity index (χ4n) is 2.87. The summed E-state index contributed by atoms with van der Waals surface area (Å²) in [5.74, 6) is -1.65. The molecule has 0 saturated heterocycles. The third-order valence-corrected chi connectivity index (χ3v) is 3.96. The van der Waals surface area contributed by atoms with Gasteiger partial charge in [-0.3, -0.25) is 14.4 Å². The first-order chi connectivity index (χ1) is 11.6. The third-order valence-electron chi connectivity index (χ3n) is 3.96. The minimum Gasteiger partial charge on any atom is -0.394 e. The molecule has 3 rings (SSSR count). The summed E-state index contributed by atoms with van der Waals surface area (Å²) in [5.41, 5.74) is 1.13. The molecule has 0 spiro atoms. The number of hydrogen-bond donors (Lipinski definition) is 1. The molecule has 2 aromatic rings. The largest absolute Gasteiger partial charge is 0.394 e. The van der Waals surface area contributed by atoms with Crippen LogP contribution >= 0.6 is 0 Å². The van der Waals surface area contributed by atoms with Gasteiger partial charge in [-0.05, 0) is 17.7 Å². The quantitative estimate of drug-likeness (QED) is 0.870. The third kappa shape index (κ3) is 2.47. The average molecular weight is 324 g/mol. The molecule has 1 aliphatic heterocycles. The lowest BCUT2D eigenvalue weighted by Crippen LogP contribution is -2.51. The Balaban J connectivity index is 2.05. The van der Waals surface area contributed by atoms with Gasteiger partial charge in [-0.1, -0.05) is 42.5 Å². The summed E-state index contributed by atoms with van der Waals surface area (Å²) in [6, 6.07) is 14.4. The van der Waals surface area contributed by atoms with E-state index < -0.39 is 30.4 Å². The predicted molar refractivity (Wildman–Crippen MR) is 85.7 cm³/mol. The van der Waals surface area contributed by atoms with Gasteiger partial charge in [-0.2, -0.15) is 5.01 Å². The molecule has 122 valence electrons. The Morgan fingerprint density at radius 3 is 1.96 bits per heavy atom. The topological polar surface area (TPSA) is 77.9 Å². The van der Waals surface area contributed by atoms with Crippen molar-refractivity contribution in [3.05, 3.63) is 71.3 Å². The van der Waals surface area contributed by atoms with Crippen molar-refractivity contribution in [2.24, 2.45) is 0 Å². The van der Waals surface area contributed by atoms with Crippen LogP contribution < -0.4 is 0 Å². The van der Waals surface area contributed by atoms with Crippen LogP contribution in [0.1, 0.15) is 39.2 Å². The zero-order valence-electron chi connectivity index (χ0n) is 13.0. The van der Waals surface area contributed by atoms with E-state index in [0.29, 0.717) is 5.56 Å².